The van der Waals surface area contributed by atoms with Crippen LogP contribution in [0.4, 0.5) is 0 Å². The molecule has 0 aliphatic rings. The second-order valence-electron chi connectivity index (χ2n) is 5.11. The molecule has 0 saturated carbocycles. The molecular weight excluding hydrogens is 399 g/mol. The van der Waals surface area contributed by atoms with Crippen molar-refractivity contribution >= 4 is 57.1 Å². The average molecular weight is 409 g/mol. The molecule has 4 aromatic heterocycles. The number of carbonyl (C=O) groups is 2. The van der Waals surface area contributed by atoms with Gasteiger partial charge in [0.1, 0.15) is 10.3 Å². The molecule has 0 aromatic carbocycles. The van der Waals surface area contributed by atoms with E-state index >= 15 is 0 Å². The van der Waals surface area contributed by atoms with E-state index in [2.05, 4.69) is 14.7 Å². The summed E-state index contributed by atoms with van der Waals surface area (Å²) in [4.78, 5) is 29.2. The van der Waals surface area contributed by atoms with Gasteiger partial charge in [-0.15, -0.1) is 0 Å². The van der Waals surface area contributed by atoms with Gasteiger partial charge >= 0.3 is 11.9 Å². The zero-order valence-electron chi connectivity index (χ0n) is 13.6. The minimum atomic E-state index is -1.10. The highest BCUT2D eigenvalue weighted by Gasteiger charge is 2.12. The van der Waals surface area contributed by atoms with Gasteiger partial charge in [0.05, 0.1) is 19.5 Å². The number of rotatable bonds is 2. The number of aromatic carboxylic acids is 1. The SMILES string of the molecule is COC(=O)c1cc2cc(Cl)ncc2o1.O=C(O)c1cc2cc(Cl)ncc2o1. The van der Waals surface area contributed by atoms with Crippen molar-refractivity contribution in [2.24, 2.45) is 0 Å². The lowest BCUT2D eigenvalue weighted by Gasteiger charge is -1.90. The summed E-state index contributed by atoms with van der Waals surface area (Å²) in [7, 11) is 1.29. The van der Waals surface area contributed by atoms with Gasteiger partial charge < -0.3 is 18.7 Å². The minimum Gasteiger partial charge on any atom is -0.475 e. The standard InChI is InChI=1S/C9H6ClNO3.C8H4ClNO3/c1-13-9(12)6-2-5-3-8(10)11-4-7(5)14-6;9-7-2-4-1-5(8(11)12)13-6(4)3-10-7/h2-4H,1H3;1-3H,(H,11,12). The first-order chi connectivity index (χ1) is 12.9. The van der Waals surface area contributed by atoms with E-state index in [0.29, 0.717) is 26.9 Å². The fraction of sp³-hybridized carbons (Fsp3) is 0.0588. The molecule has 0 bridgehead atoms. The number of esters is 1. The Balaban J connectivity index is 0.000000156. The highest BCUT2D eigenvalue weighted by molar-refractivity contribution is 6.30. The van der Waals surface area contributed by atoms with Gasteiger partial charge in [0.2, 0.25) is 11.5 Å². The molecule has 0 spiro atoms. The fourth-order valence-electron chi connectivity index (χ4n) is 2.14. The van der Waals surface area contributed by atoms with Gasteiger partial charge in [-0.2, -0.15) is 0 Å². The van der Waals surface area contributed by atoms with Gasteiger partial charge in [0.15, 0.2) is 11.2 Å². The average Bonchev–Trinajstić information content (AvgIpc) is 3.24. The van der Waals surface area contributed by atoms with Crippen LogP contribution in [-0.4, -0.2) is 34.1 Å². The second-order valence-corrected chi connectivity index (χ2v) is 5.88. The third kappa shape index (κ3) is 4.18. The zero-order chi connectivity index (χ0) is 19.6. The summed E-state index contributed by atoms with van der Waals surface area (Å²) in [6, 6.07) is 6.14. The maximum absolute atomic E-state index is 11.1. The molecule has 4 aromatic rings. The molecule has 27 heavy (non-hydrogen) atoms. The molecule has 0 amide bonds. The van der Waals surface area contributed by atoms with Gasteiger partial charge in [-0.25, -0.2) is 19.6 Å². The summed E-state index contributed by atoms with van der Waals surface area (Å²) < 4.78 is 14.7. The molecule has 10 heteroatoms. The van der Waals surface area contributed by atoms with Crippen LogP contribution in [0.15, 0.2) is 45.5 Å². The summed E-state index contributed by atoms with van der Waals surface area (Å²) in [5.74, 6) is -1.59. The summed E-state index contributed by atoms with van der Waals surface area (Å²) >= 11 is 11.3. The molecule has 8 nitrogen and oxygen atoms in total. The van der Waals surface area contributed by atoms with E-state index in [4.69, 9.17) is 37.1 Å². The lowest BCUT2D eigenvalue weighted by atomic mass is 10.3. The number of nitrogens with zero attached hydrogens (tertiary/aromatic N) is 2. The zero-order valence-corrected chi connectivity index (χ0v) is 15.1. The first-order valence-corrected chi connectivity index (χ1v) is 8.04. The van der Waals surface area contributed by atoms with E-state index in [9.17, 15) is 9.59 Å². The topological polar surface area (TPSA) is 116 Å². The van der Waals surface area contributed by atoms with Crippen molar-refractivity contribution in [1.82, 2.24) is 9.97 Å². The quantitative estimate of drug-likeness (QED) is 0.381. The lowest BCUT2D eigenvalue weighted by molar-refractivity contribution is 0.0567. The van der Waals surface area contributed by atoms with Crippen molar-refractivity contribution in [3.63, 3.8) is 0 Å². The molecule has 0 fully saturated rings. The van der Waals surface area contributed by atoms with Crippen LogP contribution in [0.2, 0.25) is 10.3 Å². The Morgan fingerprint density at radius 1 is 0.926 bits per heavy atom. The predicted octanol–water partition coefficient (Wildman–Crippen LogP) is 4.45. The molecule has 0 aliphatic carbocycles. The number of fused-ring (bicyclic) bond motifs is 2. The van der Waals surface area contributed by atoms with Crippen LogP contribution in [0.1, 0.15) is 21.1 Å². The van der Waals surface area contributed by atoms with E-state index in [-0.39, 0.29) is 11.5 Å². The molecule has 4 heterocycles. The van der Waals surface area contributed by atoms with Crippen molar-refractivity contribution in [3.05, 3.63) is 58.5 Å². The number of pyridine rings is 2. The highest BCUT2D eigenvalue weighted by atomic mass is 35.5. The molecule has 4 rings (SSSR count). The van der Waals surface area contributed by atoms with Crippen molar-refractivity contribution in [3.8, 4) is 0 Å². The number of methoxy groups -OCH3 is 1. The molecule has 1 N–H and O–H groups in total. The second kappa shape index (κ2) is 7.65. The smallest absolute Gasteiger partial charge is 0.373 e. The molecule has 0 unspecified atom stereocenters. The number of aromatic nitrogens is 2. The predicted molar refractivity (Wildman–Crippen MR) is 96.3 cm³/mol. The summed E-state index contributed by atoms with van der Waals surface area (Å²) in [6.07, 6.45) is 2.86. The monoisotopic (exact) mass is 408 g/mol. The Bertz CT molecular complexity index is 1150. The van der Waals surface area contributed by atoms with Crippen LogP contribution in [0, 0.1) is 0 Å². The van der Waals surface area contributed by atoms with Gasteiger partial charge in [0, 0.05) is 10.8 Å². The number of furan rings is 2. The normalized spacial score (nSPS) is 10.5. The Kier molecular flexibility index (Phi) is 5.29. The van der Waals surface area contributed by atoms with Crippen LogP contribution in [0.5, 0.6) is 0 Å². The van der Waals surface area contributed by atoms with Crippen LogP contribution in [0.3, 0.4) is 0 Å². The molecular formula is C17H10Cl2N2O6. The first-order valence-electron chi connectivity index (χ1n) is 7.29. The summed E-state index contributed by atoms with van der Waals surface area (Å²) in [6.45, 7) is 0. The Labute approximate surface area is 161 Å². The fourth-order valence-corrected chi connectivity index (χ4v) is 2.48. The van der Waals surface area contributed by atoms with Crippen molar-refractivity contribution < 1.29 is 28.3 Å². The van der Waals surface area contributed by atoms with Crippen molar-refractivity contribution in [2.75, 3.05) is 7.11 Å². The van der Waals surface area contributed by atoms with Crippen LogP contribution >= 0.6 is 23.2 Å². The Morgan fingerprint density at radius 2 is 1.41 bits per heavy atom. The number of hydrogen-bond donors (Lipinski definition) is 1. The Morgan fingerprint density at radius 3 is 1.89 bits per heavy atom. The van der Waals surface area contributed by atoms with Crippen LogP contribution < -0.4 is 0 Å². The van der Waals surface area contributed by atoms with E-state index in [1.54, 1.807) is 18.2 Å². The number of ether oxygens (including phenoxy) is 1. The molecule has 0 aliphatic heterocycles. The largest absolute Gasteiger partial charge is 0.475 e. The van der Waals surface area contributed by atoms with Crippen molar-refractivity contribution in [1.29, 1.82) is 0 Å². The summed E-state index contributed by atoms with van der Waals surface area (Å²) in [5.41, 5.74) is 0.927. The van der Waals surface area contributed by atoms with Gasteiger partial charge in [-0.05, 0) is 24.3 Å². The maximum Gasteiger partial charge on any atom is 0.373 e. The summed E-state index contributed by atoms with van der Waals surface area (Å²) in [5, 5.41) is 10.6. The minimum absolute atomic E-state index is 0.112. The number of halogens is 2. The van der Waals surface area contributed by atoms with E-state index in [0.717, 1.165) is 5.39 Å². The lowest BCUT2D eigenvalue weighted by Crippen LogP contribution is -1.97. The molecule has 0 saturated heterocycles. The molecule has 0 radical (unpaired) electrons. The molecule has 0 atom stereocenters. The van der Waals surface area contributed by atoms with Gasteiger partial charge in [-0.3, -0.25) is 0 Å². The van der Waals surface area contributed by atoms with Crippen molar-refractivity contribution in [2.45, 2.75) is 0 Å². The third-order valence-electron chi connectivity index (χ3n) is 3.34. The number of hydrogen-bond acceptors (Lipinski definition) is 7. The van der Waals surface area contributed by atoms with E-state index < -0.39 is 11.9 Å². The van der Waals surface area contributed by atoms with Crippen LogP contribution in [0.25, 0.3) is 21.9 Å². The number of carbonyl (C=O) groups excluding carboxylic acids is 1. The van der Waals surface area contributed by atoms with E-state index in [1.807, 2.05) is 0 Å². The number of carboxylic acids is 1. The van der Waals surface area contributed by atoms with Crippen LogP contribution in [-0.2, 0) is 4.74 Å². The maximum atomic E-state index is 11.1. The highest BCUT2D eigenvalue weighted by Crippen LogP contribution is 2.22. The first kappa shape index (κ1) is 18.7. The van der Waals surface area contributed by atoms with Gasteiger partial charge in [0.25, 0.3) is 0 Å². The third-order valence-corrected chi connectivity index (χ3v) is 3.75. The number of carboxylic acid groups (broad SMARTS) is 1. The molecule has 138 valence electrons. The van der Waals surface area contributed by atoms with E-state index in [1.165, 1.54) is 25.6 Å². The Hall–Kier alpha value is -3.10. The van der Waals surface area contributed by atoms with Gasteiger partial charge in [-0.1, -0.05) is 23.2 Å².